The van der Waals surface area contributed by atoms with Crippen LogP contribution in [0, 0.1) is 0 Å². The average molecular weight is 275 g/mol. The maximum atomic E-state index is 5.90. The molecule has 6 heteroatoms. The van der Waals surface area contributed by atoms with Crippen molar-refractivity contribution in [3.63, 3.8) is 0 Å². The second kappa shape index (κ2) is 5.60. The van der Waals surface area contributed by atoms with Crippen molar-refractivity contribution in [3.8, 4) is 5.88 Å². The van der Waals surface area contributed by atoms with Crippen LogP contribution in [0.3, 0.4) is 0 Å². The molecular weight excluding hydrogens is 254 g/mol. The van der Waals surface area contributed by atoms with Crippen LogP contribution in [0.25, 0.3) is 10.9 Å². The van der Waals surface area contributed by atoms with Crippen molar-refractivity contribution in [1.82, 2.24) is 14.9 Å². The van der Waals surface area contributed by atoms with Gasteiger partial charge >= 0.3 is 0 Å². The Bertz CT molecular complexity index is 597. The van der Waals surface area contributed by atoms with Gasteiger partial charge in [0.15, 0.2) is 0 Å². The number of likely N-dealkylation sites (N-methyl/N-ethyl adjacent to an activating group) is 1. The summed E-state index contributed by atoms with van der Waals surface area (Å²) in [5.41, 5.74) is 3.17. The number of rotatable bonds is 5. The van der Waals surface area contributed by atoms with E-state index in [0.717, 1.165) is 10.9 Å². The predicted molar refractivity (Wildman–Crippen MR) is 80.6 cm³/mol. The van der Waals surface area contributed by atoms with Gasteiger partial charge in [0.25, 0.3) is 0 Å². The highest BCUT2D eigenvalue weighted by atomic mass is 16.5. The zero-order valence-electron chi connectivity index (χ0n) is 12.3. The van der Waals surface area contributed by atoms with E-state index in [0.29, 0.717) is 18.4 Å². The molecule has 0 aliphatic heterocycles. The van der Waals surface area contributed by atoms with Gasteiger partial charge in [0, 0.05) is 5.54 Å². The van der Waals surface area contributed by atoms with E-state index in [9.17, 15) is 0 Å². The number of nitrogen functional groups attached to an aromatic ring is 1. The lowest BCUT2D eigenvalue weighted by Crippen LogP contribution is -2.43. The van der Waals surface area contributed by atoms with Crippen molar-refractivity contribution in [2.24, 2.45) is 5.84 Å². The fraction of sp³-hybridized carbons (Fsp3) is 0.429. The highest BCUT2D eigenvalue weighted by Crippen LogP contribution is 2.24. The van der Waals surface area contributed by atoms with Gasteiger partial charge in [-0.25, -0.2) is 10.8 Å². The van der Waals surface area contributed by atoms with E-state index in [2.05, 4.69) is 34.1 Å². The normalized spacial score (nSPS) is 11.9. The van der Waals surface area contributed by atoms with Crippen molar-refractivity contribution in [3.05, 3.63) is 24.3 Å². The first-order valence-corrected chi connectivity index (χ1v) is 6.47. The number of ether oxygens (including phenoxy) is 1. The molecule has 108 valence electrons. The van der Waals surface area contributed by atoms with Gasteiger partial charge in [0.05, 0.1) is 10.9 Å². The molecule has 0 aliphatic carbocycles. The first-order valence-electron chi connectivity index (χ1n) is 6.47. The van der Waals surface area contributed by atoms with Crippen LogP contribution in [0.1, 0.15) is 13.8 Å². The molecule has 0 aliphatic rings. The molecule has 0 amide bonds. The molecule has 0 saturated carbocycles. The minimum Gasteiger partial charge on any atom is -0.475 e. The van der Waals surface area contributed by atoms with E-state index in [1.165, 1.54) is 0 Å². The van der Waals surface area contributed by atoms with E-state index in [1.54, 1.807) is 0 Å². The summed E-state index contributed by atoms with van der Waals surface area (Å²) < 4.78 is 5.90. The summed E-state index contributed by atoms with van der Waals surface area (Å²) in [6, 6.07) is 7.70. The highest BCUT2D eigenvalue weighted by molar-refractivity contribution is 5.84. The van der Waals surface area contributed by atoms with Crippen LogP contribution in [-0.2, 0) is 0 Å². The van der Waals surface area contributed by atoms with Crippen LogP contribution in [-0.4, -0.2) is 41.1 Å². The average Bonchev–Trinajstić information content (AvgIpc) is 2.44. The molecule has 0 radical (unpaired) electrons. The number of hydrogen-bond acceptors (Lipinski definition) is 6. The Morgan fingerprint density at radius 2 is 1.95 bits per heavy atom. The van der Waals surface area contributed by atoms with Gasteiger partial charge in [0.1, 0.15) is 6.61 Å². The summed E-state index contributed by atoms with van der Waals surface area (Å²) in [6.45, 7) is 4.74. The molecule has 1 aromatic carbocycles. The van der Waals surface area contributed by atoms with Crippen LogP contribution in [0.5, 0.6) is 5.88 Å². The van der Waals surface area contributed by atoms with E-state index >= 15 is 0 Å². The summed E-state index contributed by atoms with van der Waals surface area (Å²) in [6.07, 6.45) is 0. The number of nitrogens with zero attached hydrogens (tertiary/aromatic N) is 3. The lowest BCUT2D eigenvalue weighted by Gasteiger charge is -2.32. The largest absolute Gasteiger partial charge is 0.475 e. The number of nitrogens with one attached hydrogen (secondary N) is 1. The van der Waals surface area contributed by atoms with Gasteiger partial charge in [-0.05, 0) is 40.1 Å². The lowest BCUT2D eigenvalue weighted by atomic mass is 10.1. The molecule has 2 rings (SSSR count). The Morgan fingerprint density at radius 3 is 2.60 bits per heavy atom. The quantitative estimate of drug-likeness (QED) is 0.638. The van der Waals surface area contributed by atoms with E-state index in [-0.39, 0.29) is 5.54 Å². The zero-order chi connectivity index (χ0) is 14.8. The molecule has 6 nitrogen and oxygen atoms in total. The number of aromatic nitrogens is 2. The predicted octanol–water partition coefficient (Wildman–Crippen LogP) is 1.63. The first kappa shape index (κ1) is 14.5. The topological polar surface area (TPSA) is 76.3 Å². The van der Waals surface area contributed by atoms with Gasteiger partial charge in [0.2, 0.25) is 11.8 Å². The molecule has 1 aromatic heterocycles. The Morgan fingerprint density at radius 1 is 1.25 bits per heavy atom. The third-order valence-corrected chi connectivity index (χ3v) is 3.47. The number of hydrazine groups is 1. The number of hydrogen-bond donors (Lipinski definition) is 2. The third kappa shape index (κ3) is 2.97. The summed E-state index contributed by atoms with van der Waals surface area (Å²) in [7, 11) is 4.04. The smallest absolute Gasteiger partial charge is 0.241 e. The Hall–Kier alpha value is -1.92. The number of benzene rings is 1. The molecular formula is C14H21N5O. The van der Waals surface area contributed by atoms with Gasteiger partial charge in [-0.1, -0.05) is 12.1 Å². The van der Waals surface area contributed by atoms with Crippen molar-refractivity contribution in [1.29, 1.82) is 0 Å². The lowest BCUT2D eigenvalue weighted by molar-refractivity contribution is 0.112. The monoisotopic (exact) mass is 275 g/mol. The van der Waals surface area contributed by atoms with E-state index in [4.69, 9.17) is 10.6 Å². The molecule has 20 heavy (non-hydrogen) atoms. The van der Waals surface area contributed by atoms with Crippen LogP contribution in [0.15, 0.2) is 24.3 Å². The van der Waals surface area contributed by atoms with Gasteiger partial charge < -0.3 is 9.64 Å². The zero-order valence-corrected chi connectivity index (χ0v) is 12.3. The molecule has 3 N–H and O–H groups in total. The second-order valence-corrected chi connectivity index (χ2v) is 5.51. The van der Waals surface area contributed by atoms with Crippen molar-refractivity contribution in [2.45, 2.75) is 19.4 Å². The molecule has 0 spiro atoms. The molecule has 0 unspecified atom stereocenters. The fourth-order valence-electron chi connectivity index (χ4n) is 1.60. The Balaban J connectivity index is 2.33. The minimum atomic E-state index is -0.0949. The molecule has 0 saturated heterocycles. The van der Waals surface area contributed by atoms with Crippen LogP contribution in [0.2, 0.25) is 0 Å². The highest BCUT2D eigenvalue weighted by Gasteiger charge is 2.22. The summed E-state index contributed by atoms with van der Waals surface area (Å²) in [5, 5.41) is 0.876. The third-order valence-electron chi connectivity index (χ3n) is 3.47. The maximum Gasteiger partial charge on any atom is 0.241 e. The fourth-order valence-corrected chi connectivity index (χ4v) is 1.60. The Kier molecular flexibility index (Phi) is 4.06. The standard InChI is InChI=1S/C14H21N5O/c1-14(2,19(3)4)9-20-12-10-7-5-6-8-11(10)16-13(17-12)18-15/h5-8H,9,15H2,1-4H3,(H,16,17,18). The number of fused-ring (bicyclic) bond motifs is 1. The van der Waals surface area contributed by atoms with Crippen LogP contribution < -0.4 is 16.0 Å². The first-order chi connectivity index (χ1) is 9.44. The van der Waals surface area contributed by atoms with Gasteiger partial charge in [-0.15, -0.1) is 0 Å². The molecule has 0 fully saturated rings. The number of para-hydroxylation sites is 1. The van der Waals surface area contributed by atoms with Gasteiger partial charge in [-0.3, -0.25) is 5.43 Å². The Labute approximate surface area is 118 Å². The second-order valence-electron chi connectivity index (χ2n) is 5.51. The van der Waals surface area contributed by atoms with Crippen LogP contribution >= 0.6 is 0 Å². The molecule has 0 atom stereocenters. The van der Waals surface area contributed by atoms with E-state index in [1.807, 2.05) is 38.4 Å². The van der Waals surface area contributed by atoms with E-state index < -0.39 is 0 Å². The maximum absolute atomic E-state index is 5.90. The van der Waals surface area contributed by atoms with Crippen molar-refractivity contribution < 1.29 is 4.74 Å². The number of anilines is 1. The summed E-state index contributed by atoms with van der Waals surface area (Å²) >= 11 is 0. The SMILES string of the molecule is CN(C)C(C)(C)COc1nc(NN)nc2ccccc12. The van der Waals surface area contributed by atoms with Crippen LogP contribution in [0.4, 0.5) is 5.95 Å². The number of nitrogens with two attached hydrogens (primary N) is 1. The van der Waals surface area contributed by atoms with Crippen molar-refractivity contribution >= 4 is 16.9 Å². The summed E-state index contributed by atoms with van der Waals surface area (Å²) in [4.78, 5) is 10.7. The summed E-state index contributed by atoms with van der Waals surface area (Å²) in [5.74, 6) is 6.29. The minimum absolute atomic E-state index is 0.0949. The molecule has 0 bridgehead atoms. The molecule has 2 aromatic rings. The van der Waals surface area contributed by atoms with Gasteiger partial charge in [-0.2, -0.15) is 4.98 Å². The van der Waals surface area contributed by atoms with Crippen molar-refractivity contribution in [2.75, 3.05) is 26.1 Å². The molecule has 1 heterocycles.